The van der Waals surface area contributed by atoms with E-state index in [1.165, 1.54) is 37.4 Å². The molecule has 6 nitrogen and oxygen atoms in total. The fraction of sp³-hybridized carbons (Fsp3) is 0.353. The molecule has 2 N–H and O–H groups in total. The van der Waals surface area contributed by atoms with E-state index in [4.69, 9.17) is 10.5 Å². The van der Waals surface area contributed by atoms with Crippen LogP contribution in [0, 0.1) is 11.7 Å². The first-order valence-electron chi connectivity index (χ1n) is 7.83. The van der Waals surface area contributed by atoms with E-state index in [9.17, 15) is 14.0 Å². The molecule has 0 spiro atoms. The minimum Gasteiger partial charge on any atom is -0.407 e. The van der Waals surface area contributed by atoms with Crippen molar-refractivity contribution in [1.29, 1.82) is 0 Å². The van der Waals surface area contributed by atoms with Gasteiger partial charge in [-0.25, -0.2) is 9.18 Å². The Morgan fingerprint density at radius 1 is 1.46 bits per heavy atom. The second-order valence-electron chi connectivity index (χ2n) is 5.97. The Morgan fingerprint density at radius 3 is 2.92 bits per heavy atom. The number of hydrogen-bond donors (Lipinski definition) is 1. The van der Waals surface area contributed by atoms with Gasteiger partial charge in [0.05, 0.1) is 12.2 Å². The monoisotopic (exact) mass is 331 g/mol. The third-order valence-corrected chi connectivity index (χ3v) is 4.18. The molecule has 1 amide bonds. The van der Waals surface area contributed by atoms with Crippen LogP contribution in [0.1, 0.15) is 37.3 Å². The van der Waals surface area contributed by atoms with E-state index in [1.807, 2.05) is 0 Å². The first-order chi connectivity index (χ1) is 11.5. The average molecular weight is 331 g/mol. The maximum absolute atomic E-state index is 13.8. The van der Waals surface area contributed by atoms with Gasteiger partial charge in [0.1, 0.15) is 0 Å². The molecule has 1 heterocycles. The number of amides is 1. The molecule has 2 aromatic rings. The van der Waals surface area contributed by atoms with Crippen LogP contribution in [0.4, 0.5) is 9.18 Å². The van der Waals surface area contributed by atoms with E-state index >= 15 is 0 Å². The molecule has 24 heavy (non-hydrogen) atoms. The summed E-state index contributed by atoms with van der Waals surface area (Å²) in [6.45, 7) is 0. The van der Waals surface area contributed by atoms with E-state index in [0.29, 0.717) is 11.5 Å². The third kappa shape index (κ3) is 3.79. The molecule has 0 aliphatic heterocycles. The lowest BCUT2D eigenvalue weighted by Crippen LogP contribution is -2.25. The van der Waals surface area contributed by atoms with Gasteiger partial charge < -0.3 is 15.0 Å². The number of primary amides is 1. The van der Waals surface area contributed by atoms with E-state index < -0.39 is 11.9 Å². The Kier molecular flexibility index (Phi) is 4.59. The molecule has 1 aromatic carbocycles. The van der Waals surface area contributed by atoms with Gasteiger partial charge in [-0.05, 0) is 36.5 Å². The molecule has 1 aliphatic carbocycles. The fourth-order valence-corrected chi connectivity index (χ4v) is 2.79. The molecule has 0 saturated heterocycles. The van der Waals surface area contributed by atoms with Crippen molar-refractivity contribution in [2.24, 2.45) is 11.7 Å². The van der Waals surface area contributed by atoms with Gasteiger partial charge in [0.15, 0.2) is 11.6 Å². The van der Waals surface area contributed by atoms with Crippen LogP contribution in [-0.4, -0.2) is 15.6 Å². The lowest BCUT2D eigenvalue weighted by atomic mass is 9.99. The standard InChI is InChI=1S/C17H18FN3O3/c18-13-5-4-12(9-15(13)24-17(19)23)14(6-3-11-1-2-11)21-8-7-20-10-16(21)22/h4-5,7-11,14H,1-3,6H2,(H2,19,23). The highest BCUT2D eigenvalue weighted by molar-refractivity contribution is 5.68. The highest BCUT2D eigenvalue weighted by Gasteiger charge is 2.25. The number of ether oxygens (including phenoxy) is 1. The maximum Gasteiger partial charge on any atom is 0.410 e. The molecular formula is C17H18FN3O3. The molecule has 1 saturated carbocycles. The Balaban J connectivity index is 1.96. The molecule has 1 aromatic heterocycles. The van der Waals surface area contributed by atoms with Gasteiger partial charge >= 0.3 is 6.09 Å². The van der Waals surface area contributed by atoms with Gasteiger partial charge in [-0.3, -0.25) is 9.78 Å². The Labute approximate surface area is 138 Å². The number of benzene rings is 1. The van der Waals surface area contributed by atoms with Crippen LogP contribution < -0.4 is 16.0 Å². The molecule has 1 fully saturated rings. The van der Waals surface area contributed by atoms with Crippen LogP contribution in [-0.2, 0) is 0 Å². The first kappa shape index (κ1) is 16.2. The van der Waals surface area contributed by atoms with Crippen molar-refractivity contribution in [2.45, 2.75) is 31.7 Å². The number of aromatic nitrogens is 2. The fourth-order valence-electron chi connectivity index (χ4n) is 2.79. The molecule has 0 radical (unpaired) electrons. The van der Waals surface area contributed by atoms with E-state index in [1.54, 1.807) is 16.8 Å². The summed E-state index contributed by atoms with van der Waals surface area (Å²) < 4.78 is 20.1. The Hall–Kier alpha value is -2.70. The van der Waals surface area contributed by atoms with Crippen LogP contribution in [0.25, 0.3) is 0 Å². The molecule has 7 heteroatoms. The zero-order chi connectivity index (χ0) is 17.1. The summed E-state index contributed by atoms with van der Waals surface area (Å²) in [4.78, 5) is 26.9. The Bertz CT molecular complexity index is 802. The summed E-state index contributed by atoms with van der Waals surface area (Å²) in [5.41, 5.74) is 5.42. The number of carbonyl (C=O) groups excluding carboxylic acids is 1. The summed E-state index contributed by atoms with van der Waals surface area (Å²) >= 11 is 0. The minimum atomic E-state index is -1.08. The molecule has 0 bridgehead atoms. The topological polar surface area (TPSA) is 87.2 Å². The summed E-state index contributed by atoms with van der Waals surface area (Å²) in [5.74, 6) is -0.231. The highest BCUT2D eigenvalue weighted by atomic mass is 19.1. The van der Waals surface area contributed by atoms with E-state index in [-0.39, 0.29) is 17.4 Å². The van der Waals surface area contributed by atoms with Crippen LogP contribution in [0.3, 0.4) is 0 Å². The van der Waals surface area contributed by atoms with Gasteiger partial charge in [0.25, 0.3) is 5.56 Å². The molecule has 1 atom stereocenters. The van der Waals surface area contributed by atoms with Crippen LogP contribution in [0.15, 0.2) is 41.6 Å². The molecular weight excluding hydrogens is 313 g/mol. The van der Waals surface area contributed by atoms with Crippen LogP contribution in [0.2, 0.25) is 0 Å². The van der Waals surface area contributed by atoms with Crippen LogP contribution >= 0.6 is 0 Å². The van der Waals surface area contributed by atoms with E-state index in [2.05, 4.69) is 4.98 Å². The second kappa shape index (κ2) is 6.82. The number of halogens is 1. The Morgan fingerprint density at radius 2 is 2.25 bits per heavy atom. The molecule has 126 valence electrons. The van der Waals surface area contributed by atoms with Gasteiger partial charge in [0, 0.05) is 12.4 Å². The maximum atomic E-state index is 13.8. The van der Waals surface area contributed by atoms with Crippen molar-refractivity contribution in [3.63, 3.8) is 0 Å². The normalized spacial score (nSPS) is 15.0. The number of carbonyl (C=O) groups is 1. The second-order valence-corrected chi connectivity index (χ2v) is 5.97. The number of hydrogen-bond acceptors (Lipinski definition) is 4. The predicted molar refractivity (Wildman–Crippen MR) is 85.2 cm³/mol. The van der Waals surface area contributed by atoms with Gasteiger partial charge in [-0.15, -0.1) is 0 Å². The quantitative estimate of drug-likeness (QED) is 0.881. The number of nitrogens with zero attached hydrogens (tertiary/aromatic N) is 2. The van der Waals surface area contributed by atoms with Crippen molar-refractivity contribution in [1.82, 2.24) is 9.55 Å². The summed E-state index contributed by atoms with van der Waals surface area (Å²) in [6, 6.07) is 3.94. The lowest BCUT2D eigenvalue weighted by molar-refractivity contribution is 0.208. The van der Waals surface area contributed by atoms with Crippen LogP contribution in [0.5, 0.6) is 5.75 Å². The average Bonchev–Trinajstić information content (AvgIpc) is 3.36. The molecule has 3 rings (SSSR count). The smallest absolute Gasteiger partial charge is 0.407 e. The SMILES string of the molecule is NC(=O)Oc1cc(C(CCC2CC2)n2ccncc2=O)ccc1F. The molecule has 1 aliphatic rings. The third-order valence-electron chi connectivity index (χ3n) is 4.18. The summed E-state index contributed by atoms with van der Waals surface area (Å²) in [6.07, 6.45) is 7.43. The first-order valence-corrected chi connectivity index (χ1v) is 7.83. The number of nitrogens with two attached hydrogens (primary N) is 1. The zero-order valence-electron chi connectivity index (χ0n) is 13.0. The van der Waals surface area contributed by atoms with E-state index in [0.717, 1.165) is 12.8 Å². The van der Waals surface area contributed by atoms with Crippen molar-refractivity contribution in [2.75, 3.05) is 0 Å². The highest BCUT2D eigenvalue weighted by Crippen LogP contribution is 2.37. The van der Waals surface area contributed by atoms with Gasteiger partial charge in [-0.1, -0.05) is 18.9 Å². The van der Waals surface area contributed by atoms with Crippen molar-refractivity contribution in [3.05, 3.63) is 58.5 Å². The van der Waals surface area contributed by atoms with Gasteiger partial charge in [0.2, 0.25) is 0 Å². The zero-order valence-corrected chi connectivity index (χ0v) is 13.0. The predicted octanol–water partition coefficient (Wildman–Crippen LogP) is 2.62. The largest absolute Gasteiger partial charge is 0.410 e. The summed E-state index contributed by atoms with van der Waals surface area (Å²) in [5, 5.41) is 0. The van der Waals surface area contributed by atoms with Gasteiger partial charge in [-0.2, -0.15) is 0 Å². The number of rotatable bonds is 6. The van der Waals surface area contributed by atoms with Crippen molar-refractivity contribution >= 4 is 6.09 Å². The van der Waals surface area contributed by atoms with Crippen molar-refractivity contribution in [3.8, 4) is 5.75 Å². The summed E-state index contributed by atoms with van der Waals surface area (Å²) in [7, 11) is 0. The van der Waals surface area contributed by atoms with Crippen molar-refractivity contribution < 1.29 is 13.9 Å². The minimum absolute atomic E-state index is 0.236. The lowest BCUT2D eigenvalue weighted by Gasteiger charge is -2.20. The molecule has 1 unspecified atom stereocenters.